The van der Waals surface area contributed by atoms with E-state index < -0.39 is 0 Å². The Morgan fingerprint density at radius 3 is 2.47 bits per heavy atom. The minimum Gasteiger partial charge on any atom is -0.348 e. The number of carbonyl (C=O) groups excluding carboxylic acids is 2. The number of para-hydroxylation sites is 1. The topological polar surface area (TPSA) is 74.3 Å². The van der Waals surface area contributed by atoms with Gasteiger partial charge in [0.05, 0.1) is 6.54 Å². The highest BCUT2D eigenvalue weighted by atomic mass is 32.1. The molecule has 7 heteroatoms. The molecule has 1 aliphatic heterocycles. The summed E-state index contributed by atoms with van der Waals surface area (Å²) < 4.78 is 0. The monoisotopic (exact) mass is 448 g/mol. The van der Waals surface area contributed by atoms with E-state index in [0.29, 0.717) is 12.2 Å². The summed E-state index contributed by atoms with van der Waals surface area (Å²) in [6.45, 7) is 4.05. The third-order valence-electron chi connectivity index (χ3n) is 5.69. The van der Waals surface area contributed by atoms with Crippen molar-refractivity contribution in [2.24, 2.45) is 0 Å². The van der Waals surface area contributed by atoms with Gasteiger partial charge in [0, 0.05) is 35.8 Å². The van der Waals surface area contributed by atoms with Crippen molar-refractivity contribution in [3.8, 4) is 10.6 Å². The molecule has 4 rings (SSSR count). The number of amides is 2. The lowest BCUT2D eigenvalue weighted by atomic mass is 10.0. The molecular formula is C25H28N4O2S. The molecule has 0 radical (unpaired) electrons. The van der Waals surface area contributed by atoms with Crippen molar-refractivity contribution < 1.29 is 9.59 Å². The van der Waals surface area contributed by atoms with Crippen molar-refractivity contribution in [1.29, 1.82) is 0 Å². The molecular weight excluding hydrogens is 420 g/mol. The molecule has 3 aromatic rings. The molecule has 1 fully saturated rings. The molecule has 166 valence electrons. The van der Waals surface area contributed by atoms with Gasteiger partial charge in [-0.3, -0.25) is 14.5 Å². The largest absolute Gasteiger partial charge is 0.348 e. The van der Waals surface area contributed by atoms with E-state index in [-0.39, 0.29) is 17.9 Å². The van der Waals surface area contributed by atoms with Gasteiger partial charge in [0.2, 0.25) is 5.91 Å². The van der Waals surface area contributed by atoms with Gasteiger partial charge in [-0.15, -0.1) is 11.3 Å². The molecule has 32 heavy (non-hydrogen) atoms. The van der Waals surface area contributed by atoms with E-state index in [4.69, 9.17) is 0 Å². The maximum absolute atomic E-state index is 12.7. The lowest BCUT2D eigenvalue weighted by Gasteiger charge is -2.31. The molecule has 2 aromatic carbocycles. The number of rotatable bonds is 7. The molecule has 1 aliphatic rings. The smallest absolute Gasteiger partial charge is 0.270 e. The minimum absolute atomic E-state index is 0.0133. The molecule has 2 amide bonds. The SMILES string of the molecule is CCc1ccc(-c2nc(C(=O)NC3CCN(CC(=O)Nc4ccccc4)CC3)cs2)cc1. The maximum Gasteiger partial charge on any atom is 0.270 e. The molecule has 6 nitrogen and oxygen atoms in total. The van der Waals surface area contributed by atoms with Crippen LogP contribution in [0.4, 0.5) is 5.69 Å². The van der Waals surface area contributed by atoms with E-state index in [1.807, 2.05) is 35.7 Å². The lowest BCUT2D eigenvalue weighted by molar-refractivity contribution is -0.117. The van der Waals surface area contributed by atoms with Gasteiger partial charge in [-0.2, -0.15) is 0 Å². The number of anilines is 1. The summed E-state index contributed by atoms with van der Waals surface area (Å²) in [6.07, 6.45) is 2.64. The second-order valence-corrected chi connectivity index (χ2v) is 8.88. The predicted octanol–water partition coefficient (Wildman–Crippen LogP) is 4.21. The Kier molecular flexibility index (Phi) is 7.29. The van der Waals surface area contributed by atoms with E-state index in [0.717, 1.165) is 48.6 Å². The standard InChI is InChI=1S/C25H28N4O2S/c1-2-18-8-10-19(11-9-18)25-28-22(17-32-25)24(31)27-21-12-14-29(15-13-21)16-23(30)26-20-6-4-3-5-7-20/h3-11,17,21H,2,12-16H2,1H3,(H,26,30)(H,27,31). The highest BCUT2D eigenvalue weighted by molar-refractivity contribution is 7.13. The number of thiazole rings is 1. The first-order valence-electron chi connectivity index (χ1n) is 11.0. The van der Waals surface area contributed by atoms with Crippen LogP contribution in [-0.2, 0) is 11.2 Å². The normalized spacial score (nSPS) is 14.8. The van der Waals surface area contributed by atoms with Crippen molar-refractivity contribution >= 4 is 28.8 Å². The average molecular weight is 449 g/mol. The first kappa shape index (κ1) is 22.2. The number of benzene rings is 2. The molecule has 0 unspecified atom stereocenters. The molecule has 0 spiro atoms. The zero-order valence-electron chi connectivity index (χ0n) is 18.2. The van der Waals surface area contributed by atoms with Crippen LogP contribution >= 0.6 is 11.3 Å². The quantitative estimate of drug-likeness (QED) is 0.568. The number of hydrogen-bond acceptors (Lipinski definition) is 5. The average Bonchev–Trinajstić information content (AvgIpc) is 3.32. The summed E-state index contributed by atoms with van der Waals surface area (Å²) in [7, 11) is 0. The molecule has 2 heterocycles. The van der Waals surface area contributed by atoms with Gasteiger partial charge in [-0.25, -0.2) is 4.98 Å². The Morgan fingerprint density at radius 1 is 1.06 bits per heavy atom. The first-order valence-corrected chi connectivity index (χ1v) is 11.9. The van der Waals surface area contributed by atoms with Crippen LogP contribution in [0.25, 0.3) is 10.6 Å². The van der Waals surface area contributed by atoms with Crippen molar-refractivity contribution in [1.82, 2.24) is 15.2 Å². The highest BCUT2D eigenvalue weighted by Gasteiger charge is 2.23. The summed E-state index contributed by atoms with van der Waals surface area (Å²) in [5.74, 6) is -0.140. The Hall–Kier alpha value is -3.03. The number of aromatic nitrogens is 1. The molecule has 0 bridgehead atoms. The van der Waals surface area contributed by atoms with Crippen LogP contribution < -0.4 is 10.6 Å². The molecule has 0 atom stereocenters. The van der Waals surface area contributed by atoms with Crippen LogP contribution in [0.5, 0.6) is 0 Å². The van der Waals surface area contributed by atoms with Gasteiger partial charge in [-0.05, 0) is 37.0 Å². The van der Waals surface area contributed by atoms with E-state index in [1.54, 1.807) is 0 Å². The third kappa shape index (κ3) is 5.81. The van der Waals surface area contributed by atoms with Gasteiger partial charge in [0.25, 0.3) is 5.91 Å². The number of nitrogens with zero attached hydrogens (tertiary/aromatic N) is 2. The second-order valence-electron chi connectivity index (χ2n) is 8.03. The Balaban J connectivity index is 1.24. The predicted molar refractivity (Wildman–Crippen MR) is 129 cm³/mol. The lowest BCUT2D eigenvalue weighted by Crippen LogP contribution is -2.46. The number of carbonyl (C=O) groups is 2. The van der Waals surface area contributed by atoms with Crippen LogP contribution in [0.2, 0.25) is 0 Å². The van der Waals surface area contributed by atoms with Crippen molar-refractivity contribution in [2.45, 2.75) is 32.2 Å². The third-order valence-corrected chi connectivity index (χ3v) is 6.58. The van der Waals surface area contributed by atoms with Crippen LogP contribution in [0.15, 0.2) is 60.0 Å². The fraction of sp³-hybridized carbons (Fsp3) is 0.320. The molecule has 0 aliphatic carbocycles. The van der Waals surface area contributed by atoms with Crippen molar-refractivity contribution in [3.63, 3.8) is 0 Å². The van der Waals surface area contributed by atoms with Crippen LogP contribution in [0, 0.1) is 0 Å². The van der Waals surface area contributed by atoms with E-state index >= 15 is 0 Å². The zero-order chi connectivity index (χ0) is 22.3. The molecule has 1 saturated heterocycles. The van der Waals surface area contributed by atoms with Crippen LogP contribution in [0.3, 0.4) is 0 Å². The summed E-state index contributed by atoms with van der Waals surface area (Å²) in [5.41, 5.74) is 3.60. The van der Waals surface area contributed by atoms with Crippen molar-refractivity contribution in [3.05, 3.63) is 71.2 Å². The fourth-order valence-corrected chi connectivity index (χ4v) is 4.62. The van der Waals surface area contributed by atoms with E-state index in [1.165, 1.54) is 16.9 Å². The van der Waals surface area contributed by atoms with E-state index in [9.17, 15) is 9.59 Å². The highest BCUT2D eigenvalue weighted by Crippen LogP contribution is 2.24. The summed E-state index contributed by atoms with van der Waals surface area (Å²) >= 11 is 1.49. The van der Waals surface area contributed by atoms with Crippen LogP contribution in [0.1, 0.15) is 35.8 Å². The van der Waals surface area contributed by atoms with Gasteiger partial charge in [0.1, 0.15) is 10.7 Å². The fourth-order valence-electron chi connectivity index (χ4n) is 3.81. The van der Waals surface area contributed by atoms with Gasteiger partial charge in [-0.1, -0.05) is 49.4 Å². The number of aryl methyl sites for hydroxylation is 1. The Morgan fingerprint density at radius 2 is 1.78 bits per heavy atom. The molecule has 0 saturated carbocycles. The summed E-state index contributed by atoms with van der Waals surface area (Å²) in [4.78, 5) is 31.6. The zero-order valence-corrected chi connectivity index (χ0v) is 19.0. The van der Waals surface area contributed by atoms with Crippen molar-refractivity contribution in [2.75, 3.05) is 25.0 Å². The number of piperidine rings is 1. The molecule has 1 aromatic heterocycles. The first-order chi connectivity index (χ1) is 15.6. The maximum atomic E-state index is 12.7. The van der Waals surface area contributed by atoms with Gasteiger partial charge in [0.15, 0.2) is 0 Å². The van der Waals surface area contributed by atoms with Gasteiger partial charge < -0.3 is 10.6 Å². The number of likely N-dealkylation sites (tertiary alicyclic amines) is 1. The Labute approximate surface area is 192 Å². The second kappa shape index (κ2) is 10.5. The Bertz CT molecular complexity index is 1040. The molecule has 2 N–H and O–H groups in total. The number of hydrogen-bond donors (Lipinski definition) is 2. The summed E-state index contributed by atoms with van der Waals surface area (Å²) in [5, 5.41) is 8.71. The number of nitrogens with one attached hydrogen (secondary N) is 2. The minimum atomic E-state index is -0.127. The van der Waals surface area contributed by atoms with Crippen LogP contribution in [-0.4, -0.2) is 47.4 Å². The van der Waals surface area contributed by atoms with Gasteiger partial charge >= 0.3 is 0 Å². The van der Waals surface area contributed by atoms with E-state index in [2.05, 4.69) is 51.7 Å². The summed E-state index contributed by atoms with van der Waals surface area (Å²) in [6, 6.07) is 17.9.